The number of amides is 2. The van der Waals surface area contributed by atoms with Crippen molar-refractivity contribution in [2.75, 3.05) is 39.1 Å². The number of nitrogens with zero attached hydrogens (tertiary/aromatic N) is 4. The summed E-state index contributed by atoms with van der Waals surface area (Å²) in [6, 6.07) is 7.22. The van der Waals surface area contributed by atoms with Crippen molar-refractivity contribution in [3.8, 4) is 5.75 Å². The van der Waals surface area contributed by atoms with Crippen molar-refractivity contribution in [3.05, 3.63) is 46.9 Å². The number of nitrogens with one attached hydrogen (secondary N) is 1. The number of carbonyl (C=O) groups excluding carboxylic acids is 2. The molecular formula is C22H27N5O3. The number of anilines is 1. The molecule has 2 amide bonds. The second-order valence-corrected chi connectivity index (χ2v) is 7.76. The van der Waals surface area contributed by atoms with E-state index in [1.807, 2.05) is 29.0 Å². The molecule has 0 spiro atoms. The predicted octanol–water partition coefficient (Wildman–Crippen LogP) is 2.06. The molecule has 158 valence electrons. The molecule has 1 atom stereocenters. The smallest absolute Gasteiger partial charge is 0.254 e. The minimum Gasteiger partial charge on any atom is -0.497 e. The third-order valence-corrected chi connectivity index (χ3v) is 5.92. The average molecular weight is 409 g/mol. The van der Waals surface area contributed by atoms with E-state index in [9.17, 15) is 9.59 Å². The van der Waals surface area contributed by atoms with Crippen LogP contribution in [0.3, 0.4) is 0 Å². The lowest BCUT2D eigenvalue weighted by molar-refractivity contribution is -0.127. The fraction of sp³-hybridized carbons (Fsp3) is 0.455. The molecular weight excluding hydrogens is 382 g/mol. The fourth-order valence-electron chi connectivity index (χ4n) is 4.19. The molecule has 1 aromatic carbocycles. The summed E-state index contributed by atoms with van der Waals surface area (Å²) in [5.74, 6) is 2.43. The van der Waals surface area contributed by atoms with Gasteiger partial charge in [-0.15, -0.1) is 0 Å². The Bertz CT molecular complexity index is 960. The third kappa shape index (κ3) is 3.81. The normalized spacial score (nSPS) is 18.2. The maximum absolute atomic E-state index is 13.0. The number of hydrogen-bond acceptors (Lipinski definition) is 6. The number of aromatic nitrogens is 2. The zero-order valence-electron chi connectivity index (χ0n) is 17.6. The molecule has 3 heterocycles. The third-order valence-electron chi connectivity index (χ3n) is 5.92. The number of likely N-dealkylation sites (tertiary alicyclic amines) is 1. The van der Waals surface area contributed by atoms with E-state index in [1.54, 1.807) is 26.2 Å². The van der Waals surface area contributed by atoms with Crippen LogP contribution >= 0.6 is 0 Å². The number of benzene rings is 1. The second-order valence-electron chi connectivity index (χ2n) is 7.76. The molecule has 1 aromatic heterocycles. The molecule has 1 saturated heterocycles. The minimum absolute atomic E-state index is 0.0291. The van der Waals surface area contributed by atoms with E-state index in [0.29, 0.717) is 37.4 Å². The Hall–Kier alpha value is -3.16. The highest BCUT2D eigenvalue weighted by molar-refractivity contribution is 5.94. The Labute approximate surface area is 176 Å². The summed E-state index contributed by atoms with van der Waals surface area (Å²) in [6.07, 6.45) is 1.56. The molecule has 0 radical (unpaired) electrons. The first kappa shape index (κ1) is 20.1. The van der Waals surface area contributed by atoms with Crippen molar-refractivity contribution in [3.63, 3.8) is 0 Å². The molecule has 2 aromatic rings. The standard InChI is InChI=1S/C22H27N5O3/c1-14(28)26-9-7-16(12-26)20-24-19-8-10-27(13-18(19)21(23-2)25-20)22(29)15-5-4-6-17(11-15)30-3/h4-6,11,16H,7-10,12-13H2,1-3H3,(H,23,24,25)/t16-/m0/s1. The van der Waals surface area contributed by atoms with Crippen LogP contribution < -0.4 is 10.1 Å². The average Bonchev–Trinajstić information content (AvgIpc) is 3.28. The van der Waals surface area contributed by atoms with Gasteiger partial charge in [-0.25, -0.2) is 9.97 Å². The lowest BCUT2D eigenvalue weighted by Gasteiger charge is -2.30. The number of hydrogen-bond donors (Lipinski definition) is 1. The molecule has 2 aliphatic rings. The first-order valence-electron chi connectivity index (χ1n) is 10.3. The van der Waals surface area contributed by atoms with Crippen LogP contribution in [-0.2, 0) is 17.8 Å². The Morgan fingerprint density at radius 2 is 2.03 bits per heavy atom. The molecule has 0 saturated carbocycles. The molecule has 1 N–H and O–H groups in total. The van der Waals surface area contributed by atoms with Gasteiger partial charge in [0.2, 0.25) is 5.91 Å². The van der Waals surface area contributed by atoms with Gasteiger partial charge in [0, 0.05) is 57.1 Å². The molecule has 0 unspecified atom stereocenters. The lowest BCUT2D eigenvalue weighted by atomic mass is 10.0. The van der Waals surface area contributed by atoms with E-state index in [1.165, 1.54) is 0 Å². The molecule has 30 heavy (non-hydrogen) atoms. The zero-order chi connectivity index (χ0) is 21.3. The maximum atomic E-state index is 13.0. The van der Waals surface area contributed by atoms with E-state index >= 15 is 0 Å². The van der Waals surface area contributed by atoms with E-state index in [0.717, 1.165) is 35.9 Å². The highest BCUT2D eigenvalue weighted by Gasteiger charge is 2.31. The summed E-state index contributed by atoms with van der Waals surface area (Å²) < 4.78 is 5.24. The van der Waals surface area contributed by atoms with Gasteiger partial charge >= 0.3 is 0 Å². The summed E-state index contributed by atoms with van der Waals surface area (Å²) in [6.45, 7) is 4.08. The zero-order valence-corrected chi connectivity index (χ0v) is 17.6. The van der Waals surface area contributed by atoms with Gasteiger partial charge in [-0.05, 0) is 24.6 Å². The Kier molecular flexibility index (Phi) is 5.57. The molecule has 8 nitrogen and oxygen atoms in total. The number of carbonyl (C=O) groups is 2. The Balaban J connectivity index is 1.56. The van der Waals surface area contributed by atoms with Crippen LogP contribution in [-0.4, -0.2) is 65.4 Å². The topological polar surface area (TPSA) is 87.7 Å². The molecule has 1 fully saturated rings. The summed E-state index contributed by atoms with van der Waals surface area (Å²) in [7, 11) is 3.43. The van der Waals surface area contributed by atoms with Crippen molar-refractivity contribution >= 4 is 17.6 Å². The van der Waals surface area contributed by atoms with E-state index in [4.69, 9.17) is 14.7 Å². The summed E-state index contributed by atoms with van der Waals surface area (Å²) in [5.41, 5.74) is 2.56. The number of rotatable bonds is 4. The van der Waals surface area contributed by atoms with Gasteiger partial charge in [0.1, 0.15) is 17.4 Å². The number of methoxy groups -OCH3 is 1. The Morgan fingerprint density at radius 1 is 1.20 bits per heavy atom. The number of fused-ring (bicyclic) bond motifs is 1. The van der Waals surface area contributed by atoms with Gasteiger partial charge in [0.05, 0.1) is 19.3 Å². The van der Waals surface area contributed by atoms with Gasteiger partial charge in [0.25, 0.3) is 5.91 Å². The van der Waals surface area contributed by atoms with Crippen molar-refractivity contribution in [2.24, 2.45) is 0 Å². The van der Waals surface area contributed by atoms with Gasteiger partial charge in [-0.2, -0.15) is 0 Å². The molecule has 0 bridgehead atoms. The second kappa shape index (κ2) is 8.30. The van der Waals surface area contributed by atoms with Crippen molar-refractivity contribution in [1.82, 2.24) is 19.8 Å². The summed E-state index contributed by atoms with van der Waals surface area (Å²) in [4.78, 5) is 38.0. The monoisotopic (exact) mass is 409 g/mol. The van der Waals surface area contributed by atoms with Crippen LogP contribution in [0.4, 0.5) is 5.82 Å². The fourth-order valence-corrected chi connectivity index (χ4v) is 4.19. The SMILES string of the molecule is CNc1nc([C@H]2CCN(C(C)=O)C2)nc2c1CN(C(=O)c1cccc(OC)c1)CC2. The van der Waals surface area contributed by atoms with E-state index < -0.39 is 0 Å². The number of ether oxygens (including phenoxy) is 1. The predicted molar refractivity (Wildman–Crippen MR) is 113 cm³/mol. The summed E-state index contributed by atoms with van der Waals surface area (Å²) >= 11 is 0. The first-order valence-corrected chi connectivity index (χ1v) is 10.3. The molecule has 4 rings (SSSR count). The van der Waals surface area contributed by atoms with E-state index in [-0.39, 0.29) is 17.7 Å². The Morgan fingerprint density at radius 3 is 2.73 bits per heavy atom. The van der Waals surface area contributed by atoms with Crippen molar-refractivity contribution in [1.29, 1.82) is 0 Å². The van der Waals surface area contributed by atoms with Crippen molar-refractivity contribution in [2.45, 2.75) is 32.2 Å². The van der Waals surface area contributed by atoms with Crippen molar-refractivity contribution < 1.29 is 14.3 Å². The highest BCUT2D eigenvalue weighted by atomic mass is 16.5. The minimum atomic E-state index is -0.0291. The van der Waals surface area contributed by atoms with Gasteiger partial charge in [-0.3, -0.25) is 9.59 Å². The molecule has 2 aliphatic heterocycles. The van der Waals surface area contributed by atoms with Crippen LogP contribution in [0.5, 0.6) is 5.75 Å². The largest absolute Gasteiger partial charge is 0.497 e. The maximum Gasteiger partial charge on any atom is 0.254 e. The van der Waals surface area contributed by atoms with E-state index in [2.05, 4.69) is 5.32 Å². The summed E-state index contributed by atoms with van der Waals surface area (Å²) in [5, 5.41) is 3.18. The lowest BCUT2D eigenvalue weighted by Crippen LogP contribution is -2.37. The quantitative estimate of drug-likeness (QED) is 0.832. The van der Waals surface area contributed by atoms with Gasteiger partial charge in [-0.1, -0.05) is 6.07 Å². The van der Waals surface area contributed by atoms with Crippen LogP contribution in [0.1, 0.15) is 46.7 Å². The van der Waals surface area contributed by atoms with Crippen LogP contribution in [0.15, 0.2) is 24.3 Å². The highest BCUT2D eigenvalue weighted by Crippen LogP contribution is 2.30. The van der Waals surface area contributed by atoms with Crippen LogP contribution in [0.25, 0.3) is 0 Å². The van der Waals surface area contributed by atoms with Crippen LogP contribution in [0, 0.1) is 0 Å². The van der Waals surface area contributed by atoms with Crippen LogP contribution in [0.2, 0.25) is 0 Å². The first-order chi connectivity index (χ1) is 14.5. The molecule has 0 aliphatic carbocycles. The molecule has 8 heteroatoms. The van der Waals surface area contributed by atoms with Gasteiger partial charge in [0.15, 0.2) is 0 Å². The van der Waals surface area contributed by atoms with Gasteiger partial charge < -0.3 is 19.9 Å².